The highest BCUT2D eigenvalue weighted by atomic mass is 16.5. The molecule has 0 saturated carbocycles. The Bertz CT molecular complexity index is 866. The van der Waals surface area contributed by atoms with Crippen LogP contribution in [0.1, 0.15) is 29.6 Å². The van der Waals surface area contributed by atoms with Gasteiger partial charge in [0.15, 0.2) is 0 Å². The summed E-state index contributed by atoms with van der Waals surface area (Å²) < 4.78 is 7.33. The number of amides is 2. The van der Waals surface area contributed by atoms with Crippen molar-refractivity contribution in [2.24, 2.45) is 5.92 Å². The summed E-state index contributed by atoms with van der Waals surface area (Å²) in [5.41, 5.74) is 0.655. The van der Waals surface area contributed by atoms with E-state index in [0.29, 0.717) is 44.8 Å². The zero-order valence-corrected chi connectivity index (χ0v) is 17.8. The lowest BCUT2D eigenvalue weighted by atomic mass is 9.94. The highest BCUT2D eigenvalue weighted by Crippen LogP contribution is 2.22. The molecule has 0 radical (unpaired) electrons. The van der Waals surface area contributed by atoms with Crippen molar-refractivity contribution in [2.75, 3.05) is 50.8 Å². The van der Waals surface area contributed by atoms with E-state index in [2.05, 4.69) is 20.2 Å². The summed E-state index contributed by atoms with van der Waals surface area (Å²) >= 11 is 0. The molecule has 2 aromatic rings. The number of morpholine rings is 1. The van der Waals surface area contributed by atoms with Crippen molar-refractivity contribution in [3.8, 4) is 0 Å². The number of nitrogens with zero attached hydrogens (tertiary/aromatic N) is 5. The molecule has 4 rings (SSSR count). The quantitative estimate of drug-likeness (QED) is 0.715. The lowest BCUT2D eigenvalue weighted by Crippen LogP contribution is -2.42. The minimum atomic E-state index is 0.0159. The predicted molar refractivity (Wildman–Crippen MR) is 116 cm³/mol. The molecule has 0 aromatic carbocycles. The average Bonchev–Trinajstić information content (AvgIpc) is 3.33. The summed E-state index contributed by atoms with van der Waals surface area (Å²) in [6.45, 7) is 5.55. The molecule has 1 N–H and O–H groups in total. The third-order valence-corrected chi connectivity index (χ3v) is 5.86. The van der Waals surface area contributed by atoms with Crippen LogP contribution in [0.5, 0.6) is 0 Å². The van der Waals surface area contributed by atoms with E-state index < -0.39 is 0 Å². The highest BCUT2D eigenvalue weighted by molar-refractivity contribution is 5.95. The smallest absolute Gasteiger partial charge is 0.254 e. The van der Waals surface area contributed by atoms with Crippen LogP contribution in [0.25, 0.3) is 0 Å². The molecule has 2 aromatic heterocycles. The van der Waals surface area contributed by atoms with E-state index >= 15 is 0 Å². The third kappa shape index (κ3) is 5.81. The number of rotatable bonds is 7. The molecule has 166 valence electrons. The van der Waals surface area contributed by atoms with Crippen LogP contribution in [-0.2, 0) is 16.1 Å². The molecule has 0 unspecified atom stereocenters. The first-order chi connectivity index (χ1) is 15.2. The van der Waals surface area contributed by atoms with Gasteiger partial charge in [0.2, 0.25) is 5.91 Å². The fraction of sp³-hybridized carbons (Fsp3) is 0.545. The molecule has 9 heteroatoms. The molecule has 31 heavy (non-hydrogen) atoms. The first-order valence-electron chi connectivity index (χ1n) is 11.0. The van der Waals surface area contributed by atoms with Gasteiger partial charge in [-0.15, -0.1) is 0 Å². The zero-order valence-electron chi connectivity index (χ0n) is 17.8. The fourth-order valence-electron chi connectivity index (χ4n) is 4.19. The van der Waals surface area contributed by atoms with Gasteiger partial charge in [-0.25, -0.2) is 9.97 Å². The first-order valence-corrected chi connectivity index (χ1v) is 11.0. The van der Waals surface area contributed by atoms with Crippen molar-refractivity contribution < 1.29 is 14.3 Å². The summed E-state index contributed by atoms with van der Waals surface area (Å²) in [7, 11) is 0. The Morgan fingerprint density at radius 1 is 1.19 bits per heavy atom. The lowest BCUT2D eigenvalue weighted by molar-refractivity contribution is -0.122. The summed E-state index contributed by atoms with van der Waals surface area (Å²) in [4.78, 5) is 37.9. The second kappa shape index (κ2) is 10.4. The SMILES string of the molecule is O=C(C[C@H]1CCCN(C(=O)c2ccnc(N3CCOCC3)c2)C1)NCCn1ccnc1. The maximum atomic E-state index is 13.1. The normalized spacial score (nSPS) is 19.3. The van der Waals surface area contributed by atoms with E-state index in [9.17, 15) is 9.59 Å². The maximum absolute atomic E-state index is 13.1. The van der Waals surface area contributed by atoms with E-state index in [0.717, 1.165) is 38.3 Å². The molecule has 2 aliphatic rings. The molecule has 2 amide bonds. The summed E-state index contributed by atoms with van der Waals surface area (Å²) in [5, 5.41) is 2.97. The maximum Gasteiger partial charge on any atom is 0.254 e. The number of hydrogen-bond donors (Lipinski definition) is 1. The average molecular weight is 427 g/mol. The zero-order chi connectivity index (χ0) is 21.5. The number of likely N-dealkylation sites (tertiary alicyclic amines) is 1. The number of carbonyl (C=O) groups excluding carboxylic acids is 2. The van der Waals surface area contributed by atoms with Gasteiger partial charge in [0.1, 0.15) is 5.82 Å². The summed E-state index contributed by atoms with van der Waals surface area (Å²) in [6.07, 6.45) is 9.37. The molecule has 9 nitrogen and oxygen atoms in total. The number of anilines is 1. The van der Waals surface area contributed by atoms with E-state index in [-0.39, 0.29) is 17.7 Å². The molecule has 2 fully saturated rings. The molecule has 0 aliphatic carbocycles. The van der Waals surface area contributed by atoms with Crippen molar-refractivity contribution in [2.45, 2.75) is 25.8 Å². The van der Waals surface area contributed by atoms with Gasteiger partial charge < -0.3 is 24.4 Å². The van der Waals surface area contributed by atoms with Crippen molar-refractivity contribution in [1.29, 1.82) is 0 Å². The molecular weight excluding hydrogens is 396 g/mol. The second-order valence-corrected chi connectivity index (χ2v) is 8.12. The van der Waals surface area contributed by atoms with Crippen molar-refractivity contribution >= 4 is 17.6 Å². The minimum Gasteiger partial charge on any atom is -0.378 e. The third-order valence-electron chi connectivity index (χ3n) is 5.86. The van der Waals surface area contributed by atoms with Crippen molar-refractivity contribution in [3.05, 3.63) is 42.6 Å². The van der Waals surface area contributed by atoms with E-state index in [1.807, 2.05) is 21.7 Å². The largest absolute Gasteiger partial charge is 0.378 e. The number of ether oxygens (including phenoxy) is 1. The van der Waals surface area contributed by atoms with Crippen molar-refractivity contribution in [1.82, 2.24) is 24.8 Å². The van der Waals surface area contributed by atoms with Crippen LogP contribution in [0.2, 0.25) is 0 Å². The highest BCUT2D eigenvalue weighted by Gasteiger charge is 2.26. The van der Waals surface area contributed by atoms with Crippen LogP contribution in [0.4, 0.5) is 5.82 Å². The van der Waals surface area contributed by atoms with Crippen LogP contribution in [-0.4, -0.2) is 77.2 Å². The van der Waals surface area contributed by atoms with E-state index in [4.69, 9.17) is 4.74 Å². The molecule has 0 bridgehead atoms. The molecule has 2 aliphatic heterocycles. The van der Waals surface area contributed by atoms with Crippen LogP contribution in [0.3, 0.4) is 0 Å². The van der Waals surface area contributed by atoms with Gasteiger partial charge in [0.25, 0.3) is 5.91 Å². The lowest BCUT2D eigenvalue weighted by Gasteiger charge is -2.33. The van der Waals surface area contributed by atoms with Crippen LogP contribution in [0, 0.1) is 5.92 Å². The van der Waals surface area contributed by atoms with E-state index in [1.54, 1.807) is 24.8 Å². The molecule has 2 saturated heterocycles. The van der Waals surface area contributed by atoms with Gasteiger partial charge >= 0.3 is 0 Å². The molecule has 1 atom stereocenters. The fourth-order valence-corrected chi connectivity index (χ4v) is 4.19. The standard InChI is InChI=1S/C22H30N6O3/c29-21(25-6-9-26-8-5-23-17-26)14-18-2-1-7-28(16-18)22(30)19-3-4-24-20(15-19)27-10-12-31-13-11-27/h3-5,8,15,17-18H,1-2,6-7,9-14,16H2,(H,25,29)/t18-/m1/s1. The number of piperidine rings is 1. The topological polar surface area (TPSA) is 92.6 Å². The Balaban J connectivity index is 1.28. The Morgan fingerprint density at radius 2 is 2.06 bits per heavy atom. The summed E-state index contributed by atoms with van der Waals surface area (Å²) in [5.74, 6) is 1.06. The number of hydrogen-bond acceptors (Lipinski definition) is 6. The Hall–Kier alpha value is -2.94. The number of pyridine rings is 1. The second-order valence-electron chi connectivity index (χ2n) is 8.12. The van der Waals surface area contributed by atoms with E-state index in [1.165, 1.54) is 0 Å². The van der Waals surface area contributed by atoms with Crippen molar-refractivity contribution in [3.63, 3.8) is 0 Å². The van der Waals surface area contributed by atoms with Gasteiger partial charge in [0, 0.05) is 69.8 Å². The van der Waals surface area contributed by atoms with Crippen LogP contribution < -0.4 is 10.2 Å². The molecule has 0 spiro atoms. The predicted octanol–water partition coefficient (Wildman–Crippen LogP) is 1.17. The number of nitrogens with one attached hydrogen (secondary N) is 1. The minimum absolute atomic E-state index is 0.0159. The molecule has 4 heterocycles. The van der Waals surface area contributed by atoms with Gasteiger partial charge in [-0.3, -0.25) is 9.59 Å². The Morgan fingerprint density at radius 3 is 2.87 bits per heavy atom. The number of aromatic nitrogens is 3. The van der Waals surface area contributed by atoms with Gasteiger partial charge in [0.05, 0.1) is 19.5 Å². The number of imidazole rings is 1. The first kappa shape index (κ1) is 21.3. The van der Waals surface area contributed by atoms with Gasteiger partial charge in [-0.05, 0) is 30.9 Å². The molecular formula is C22H30N6O3. The number of carbonyl (C=O) groups is 2. The Kier molecular flexibility index (Phi) is 7.14. The van der Waals surface area contributed by atoms with Gasteiger partial charge in [-0.1, -0.05) is 0 Å². The Labute approximate surface area is 182 Å². The van der Waals surface area contributed by atoms with Gasteiger partial charge in [-0.2, -0.15) is 0 Å². The van der Waals surface area contributed by atoms with Crippen LogP contribution in [0.15, 0.2) is 37.1 Å². The van der Waals surface area contributed by atoms with Crippen LogP contribution >= 0.6 is 0 Å². The monoisotopic (exact) mass is 426 g/mol. The summed E-state index contributed by atoms with van der Waals surface area (Å²) in [6, 6.07) is 3.65.